The van der Waals surface area contributed by atoms with Gasteiger partial charge in [0.2, 0.25) is 11.8 Å². The lowest BCUT2D eigenvalue weighted by Crippen LogP contribution is -2.58. The third kappa shape index (κ3) is 4.33. The van der Waals surface area contributed by atoms with Gasteiger partial charge in [-0.15, -0.1) is 0 Å². The van der Waals surface area contributed by atoms with Crippen LogP contribution >= 0.6 is 0 Å². The van der Waals surface area contributed by atoms with Gasteiger partial charge < -0.3 is 9.84 Å². The SMILES string of the molecule is Cc1noc(NC(=O)CC2CC(C)(C)NC(C)(C)C2)c1-c1ccccc1. The van der Waals surface area contributed by atoms with Crippen LogP contribution in [0, 0.1) is 12.8 Å². The summed E-state index contributed by atoms with van der Waals surface area (Å²) in [6.45, 7) is 10.7. The van der Waals surface area contributed by atoms with Crippen molar-refractivity contribution in [2.75, 3.05) is 5.32 Å². The molecular weight excluding hydrogens is 326 g/mol. The maximum absolute atomic E-state index is 12.7. The lowest BCUT2D eigenvalue weighted by Gasteiger charge is -2.46. The van der Waals surface area contributed by atoms with Crippen LogP contribution < -0.4 is 10.6 Å². The zero-order valence-electron chi connectivity index (χ0n) is 16.3. The number of carbonyl (C=O) groups is 1. The van der Waals surface area contributed by atoms with E-state index < -0.39 is 0 Å². The fraction of sp³-hybridized carbons (Fsp3) is 0.524. The number of carbonyl (C=O) groups excluding carboxylic acids is 1. The van der Waals surface area contributed by atoms with Crippen molar-refractivity contribution >= 4 is 11.8 Å². The second-order valence-corrected chi connectivity index (χ2v) is 8.76. The van der Waals surface area contributed by atoms with E-state index in [0.29, 0.717) is 18.2 Å². The number of aryl methyl sites for hydroxylation is 1. The largest absolute Gasteiger partial charge is 0.337 e. The van der Waals surface area contributed by atoms with Crippen molar-refractivity contribution in [1.82, 2.24) is 10.5 Å². The Morgan fingerprint density at radius 2 is 1.81 bits per heavy atom. The second-order valence-electron chi connectivity index (χ2n) is 8.76. The summed E-state index contributed by atoms with van der Waals surface area (Å²) >= 11 is 0. The minimum absolute atomic E-state index is 0.0168. The number of piperidine rings is 1. The first kappa shape index (κ1) is 18.6. The first-order valence-corrected chi connectivity index (χ1v) is 9.26. The van der Waals surface area contributed by atoms with Gasteiger partial charge >= 0.3 is 0 Å². The van der Waals surface area contributed by atoms with Crippen molar-refractivity contribution in [3.63, 3.8) is 0 Å². The number of aromatic nitrogens is 1. The van der Waals surface area contributed by atoms with E-state index in [1.165, 1.54) is 0 Å². The monoisotopic (exact) mass is 355 g/mol. The number of anilines is 1. The van der Waals surface area contributed by atoms with Crippen LogP contribution in [0.15, 0.2) is 34.9 Å². The molecule has 1 amide bonds. The van der Waals surface area contributed by atoms with Crippen LogP contribution in [0.5, 0.6) is 0 Å². The quantitative estimate of drug-likeness (QED) is 0.845. The minimum atomic E-state index is -0.0168. The fourth-order valence-corrected chi connectivity index (χ4v) is 4.52. The number of nitrogens with zero attached hydrogens (tertiary/aromatic N) is 1. The van der Waals surface area contributed by atoms with E-state index in [2.05, 4.69) is 43.5 Å². The summed E-state index contributed by atoms with van der Waals surface area (Å²) in [5.41, 5.74) is 2.68. The van der Waals surface area contributed by atoms with E-state index in [9.17, 15) is 4.79 Å². The molecule has 5 nitrogen and oxygen atoms in total. The van der Waals surface area contributed by atoms with E-state index in [1.54, 1.807) is 0 Å². The number of rotatable bonds is 4. The van der Waals surface area contributed by atoms with Crippen molar-refractivity contribution in [3.05, 3.63) is 36.0 Å². The predicted molar refractivity (Wildman–Crippen MR) is 104 cm³/mol. The maximum atomic E-state index is 12.7. The summed E-state index contributed by atoms with van der Waals surface area (Å²) in [7, 11) is 0. The van der Waals surface area contributed by atoms with Gasteiger partial charge in [-0.05, 0) is 58.9 Å². The standard InChI is InChI=1S/C21H29N3O2/c1-14-18(16-9-7-6-8-10-16)19(26-23-14)22-17(25)11-15-12-20(2,3)24-21(4,5)13-15/h6-10,15,24H,11-13H2,1-5H3,(H,22,25). The highest BCUT2D eigenvalue weighted by Crippen LogP contribution is 2.35. The lowest BCUT2D eigenvalue weighted by atomic mass is 9.74. The summed E-state index contributed by atoms with van der Waals surface area (Å²) in [5, 5.41) is 10.6. The van der Waals surface area contributed by atoms with Gasteiger partial charge in [0.05, 0.1) is 11.3 Å². The van der Waals surface area contributed by atoms with E-state index in [1.807, 2.05) is 37.3 Å². The Morgan fingerprint density at radius 1 is 1.19 bits per heavy atom. The zero-order valence-corrected chi connectivity index (χ0v) is 16.3. The molecule has 1 aliphatic rings. The predicted octanol–water partition coefficient (Wildman–Crippen LogP) is 4.54. The molecule has 3 rings (SSSR count). The molecule has 1 aliphatic heterocycles. The average Bonchev–Trinajstić information content (AvgIpc) is 2.85. The van der Waals surface area contributed by atoms with Crippen molar-refractivity contribution in [2.24, 2.45) is 5.92 Å². The molecule has 1 aromatic carbocycles. The molecule has 0 atom stereocenters. The molecule has 2 heterocycles. The van der Waals surface area contributed by atoms with Gasteiger partial charge in [-0.1, -0.05) is 35.5 Å². The normalized spacial score (nSPS) is 19.3. The Bertz CT molecular complexity index is 762. The van der Waals surface area contributed by atoms with E-state index >= 15 is 0 Å². The molecule has 140 valence electrons. The molecule has 2 N–H and O–H groups in total. The molecule has 1 saturated heterocycles. The number of amides is 1. The molecule has 0 aliphatic carbocycles. The fourth-order valence-electron chi connectivity index (χ4n) is 4.52. The first-order valence-electron chi connectivity index (χ1n) is 9.26. The van der Waals surface area contributed by atoms with Crippen LogP contribution in [0.4, 0.5) is 5.88 Å². The summed E-state index contributed by atoms with van der Waals surface area (Å²) in [5.74, 6) is 0.758. The highest BCUT2D eigenvalue weighted by molar-refractivity contribution is 5.94. The molecule has 5 heteroatoms. The molecule has 2 aromatic rings. The van der Waals surface area contributed by atoms with Gasteiger partial charge in [0.15, 0.2) is 0 Å². The second kappa shape index (κ2) is 6.88. The van der Waals surface area contributed by atoms with Gasteiger partial charge in [-0.25, -0.2) is 0 Å². The van der Waals surface area contributed by atoms with Gasteiger partial charge in [0.25, 0.3) is 0 Å². The third-order valence-corrected chi connectivity index (χ3v) is 4.93. The molecule has 0 saturated carbocycles. The highest BCUT2D eigenvalue weighted by Gasteiger charge is 2.38. The van der Waals surface area contributed by atoms with Crippen LogP contribution in [-0.4, -0.2) is 22.1 Å². The summed E-state index contributed by atoms with van der Waals surface area (Å²) in [6, 6.07) is 9.88. The topological polar surface area (TPSA) is 67.2 Å². The van der Waals surface area contributed by atoms with Crippen molar-refractivity contribution in [2.45, 2.75) is 65.0 Å². The van der Waals surface area contributed by atoms with Gasteiger partial charge in [-0.3, -0.25) is 10.1 Å². The van der Waals surface area contributed by atoms with Crippen molar-refractivity contribution in [1.29, 1.82) is 0 Å². The first-order chi connectivity index (χ1) is 12.2. The van der Waals surface area contributed by atoms with Crippen molar-refractivity contribution in [3.8, 4) is 11.1 Å². The lowest BCUT2D eigenvalue weighted by molar-refractivity contribution is -0.117. The maximum Gasteiger partial charge on any atom is 0.239 e. The number of benzene rings is 1. The smallest absolute Gasteiger partial charge is 0.239 e. The Labute approximate surface area is 155 Å². The van der Waals surface area contributed by atoms with Crippen LogP contribution in [0.3, 0.4) is 0 Å². The molecule has 1 fully saturated rings. The molecular formula is C21H29N3O2. The van der Waals surface area contributed by atoms with Gasteiger partial charge in [-0.2, -0.15) is 0 Å². The van der Waals surface area contributed by atoms with Crippen LogP contribution in [0.2, 0.25) is 0 Å². The van der Waals surface area contributed by atoms with E-state index in [-0.39, 0.29) is 17.0 Å². The molecule has 26 heavy (non-hydrogen) atoms. The van der Waals surface area contributed by atoms with Crippen LogP contribution in [0.1, 0.15) is 52.7 Å². The molecule has 0 radical (unpaired) electrons. The van der Waals surface area contributed by atoms with Gasteiger partial charge in [0.1, 0.15) is 0 Å². The number of hydrogen-bond donors (Lipinski definition) is 2. The summed E-state index contributed by atoms with van der Waals surface area (Å²) < 4.78 is 5.40. The Hall–Kier alpha value is -2.14. The average molecular weight is 355 g/mol. The van der Waals surface area contributed by atoms with Crippen LogP contribution in [0.25, 0.3) is 11.1 Å². The Kier molecular flexibility index (Phi) is 4.93. The molecule has 0 unspecified atom stereocenters. The number of hydrogen-bond acceptors (Lipinski definition) is 4. The zero-order chi connectivity index (χ0) is 18.9. The molecule has 0 spiro atoms. The van der Waals surface area contributed by atoms with E-state index in [4.69, 9.17) is 4.52 Å². The Morgan fingerprint density at radius 3 is 2.42 bits per heavy atom. The van der Waals surface area contributed by atoms with Crippen molar-refractivity contribution < 1.29 is 9.32 Å². The summed E-state index contributed by atoms with van der Waals surface area (Å²) in [6.07, 6.45) is 2.44. The minimum Gasteiger partial charge on any atom is -0.337 e. The summed E-state index contributed by atoms with van der Waals surface area (Å²) in [4.78, 5) is 12.7. The molecule has 1 aromatic heterocycles. The third-order valence-electron chi connectivity index (χ3n) is 4.93. The number of nitrogens with one attached hydrogen (secondary N) is 2. The highest BCUT2D eigenvalue weighted by atomic mass is 16.5. The van der Waals surface area contributed by atoms with Crippen LogP contribution in [-0.2, 0) is 4.79 Å². The van der Waals surface area contributed by atoms with E-state index in [0.717, 1.165) is 29.7 Å². The van der Waals surface area contributed by atoms with Gasteiger partial charge in [0, 0.05) is 17.5 Å². The Balaban J connectivity index is 1.72. The molecule has 0 bridgehead atoms.